The van der Waals surface area contributed by atoms with Gasteiger partial charge in [0.25, 0.3) is 5.91 Å². The SMILES string of the molecule is Cc1ccc(N2CCN(C(=O)C(C)(C)O)CC2)cc1. The lowest BCUT2D eigenvalue weighted by Gasteiger charge is -2.38. The Morgan fingerprint density at radius 2 is 1.63 bits per heavy atom. The smallest absolute Gasteiger partial charge is 0.254 e. The van der Waals surface area contributed by atoms with Crippen LogP contribution in [0, 0.1) is 6.92 Å². The topological polar surface area (TPSA) is 43.8 Å². The standard InChI is InChI=1S/C15H22N2O2/c1-12-4-6-13(7-5-12)16-8-10-17(11-9-16)14(18)15(2,3)19/h4-7,19H,8-11H2,1-3H3. The van der Waals surface area contributed by atoms with E-state index in [1.54, 1.807) is 18.7 Å². The third kappa shape index (κ3) is 3.26. The van der Waals surface area contributed by atoms with E-state index in [0.717, 1.165) is 13.1 Å². The highest BCUT2D eigenvalue weighted by Crippen LogP contribution is 2.18. The second-order valence-electron chi connectivity index (χ2n) is 5.67. The zero-order chi connectivity index (χ0) is 14.0. The van der Waals surface area contributed by atoms with Gasteiger partial charge in [-0.25, -0.2) is 0 Å². The maximum Gasteiger partial charge on any atom is 0.254 e. The van der Waals surface area contributed by atoms with Gasteiger partial charge >= 0.3 is 0 Å². The van der Waals surface area contributed by atoms with Crippen molar-refractivity contribution in [3.63, 3.8) is 0 Å². The monoisotopic (exact) mass is 262 g/mol. The van der Waals surface area contributed by atoms with Crippen molar-refractivity contribution in [2.45, 2.75) is 26.4 Å². The van der Waals surface area contributed by atoms with Crippen molar-refractivity contribution < 1.29 is 9.90 Å². The van der Waals surface area contributed by atoms with Gasteiger partial charge < -0.3 is 14.9 Å². The first-order valence-electron chi connectivity index (χ1n) is 6.71. The van der Waals surface area contributed by atoms with Crippen LogP contribution < -0.4 is 4.90 Å². The number of hydrogen-bond donors (Lipinski definition) is 1. The molecule has 2 rings (SSSR count). The third-order valence-corrected chi connectivity index (χ3v) is 3.49. The summed E-state index contributed by atoms with van der Waals surface area (Å²) in [7, 11) is 0. The van der Waals surface area contributed by atoms with E-state index in [0.29, 0.717) is 13.1 Å². The largest absolute Gasteiger partial charge is 0.381 e. The molecule has 0 aromatic heterocycles. The Labute approximate surface area is 114 Å². The van der Waals surface area contributed by atoms with Crippen molar-refractivity contribution in [2.75, 3.05) is 31.1 Å². The van der Waals surface area contributed by atoms with Gasteiger partial charge in [-0.05, 0) is 32.9 Å². The highest BCUT2D eigenvalue weighted by molar-refractivity contribution is 5.84. The van der Waals surface area contributed by atoms with Crippen LogP contribution in [-0.2, 0) is 4.79 Å². The highest BCUT2D eigenvalue weighted by atomic mass is 16.3. The molecule has 0 aliphatic carbocycles. The van der Waals surface area contributed by atoms with Gasteiger partial charge in [0.15, 0.2) is 0 Å². The molecule has 1 aliphatic rings. The summed E-state index contributed by atoms with van der Waals surface area (Å²) >= 11 is 0. The zero-order valence-electron chi connectivity index (χ0n) is 11.9. The Kier molecular flexibility index (Phi) is 3.80. The average molecular weight is 262 g/mol. The normalized spacial score (nSPS) is 16.6. The first kappa shape index (κ1) is 13.9. The van der Waals surface area contributed by atoms with Gasteiger partial charge in [0, 0.05) is 31.9 Å². The summed E-state index contributed by atoms with van der Waals surface area (Å²) in [5.74, 6) is -0.184. The molecule has 104 valence electrons. The Bertz CT molecular complexity index is 440. The number of nitrogens with zero attached hydrogens (tertiary/aromatic N) is 2. The summed E-state index contributed by atoms with van der Waals surface area (Å²) in [6.45, 7) is 8.11. The van der Waals surface area contributed by atoms with E-state index in [1.807, 2.05) is 0 Å². The summed E-state index contributed by atoms with van der Waals surface area (Å²) in [6, 6.07) is 8.43. The van der Waals surface area contributed by atoms with Crippen LogP contribution in [0.5, 0.6) is 0 Å². The van der Waals surface area contributed by atoms with Crippen LogP contribution in [0.1, 0.15) is 19.4 Å². The zero-order valence-corrected chi connectivity index (χ0v) is 11.9. The van der Waals surface area contributed by atoms with Crippen molar-refractivity contribution >= 4 is 11.6 Å². The van der Waals surface area contributed by atoms with Gasteiger partial charge in [0.2, 0.25) is 0 Å². The van der Waals surface area contributed by atoms with Crippen LogP contribution in [0.4, 0.5) is 5.69 Å². The van der Waals surface area contributed by atoms with Gasteiger partial charge in [-0.3, -0.25) is 4.79 Å². The molecule has 0 unspecified atom stereocenters. The second-order valence-corrected chi connectivity index (χ2v) is 5.67. The van der Waals surface area contributed by atoms with E-state index < -0.39 is 5.60 Å². The van der Waals surface area contributed by atoms with Gasteiger partial charge in [-0.2, -0.15) is 0 Å². The van der Waals surface area contributed by atoms with Crippen molar-refractivity contribution in [2.24, 2.45) is 0 Å². The van der Waals surface area contributed by atoms with Crippen molar-refractivity contribution in [3.8, 4) is 0 Å². The van der Waals surface area contributed by atoms with E-state index in [-0.39, 0.29) is 5.91 Å². The maximum atomic E-state index is 12.0. The second kappa shape index (κ2) is 5.21. The Morgan fingerprint density at radius 1 is 1.11 bits per heavy atom. The Morgan fingerprint density at radius 3 is 2.11 bits per heavy atom. The summed E-state index contributed by atoms with van der Waals surface area (Å²) in [5.41, 5.74) is 1.17. The van der Waals surface area contributed by atoms with Gasteiger partial charge in [0.05, 0.1) is 0 Å². The molecule has 19 heavy (non-hydrogen) atoms. The number of rotatable bonds is 2. The molecule has 1 fully saturated rings. The lowest BCUT2D eigenvalue weighted by molar-refractivity contribution is -0.148. The molecule has 1 aliphatic heterocycles. The van der Waals surface area contributed by atoms with Crippen molar-refractivity contribution in [1.29, 1.82) is 0 Å². The number of carbonyl (C=O) groups excluding carboxylic acids is 1. The van der Waals surface area contributed by atoms with Crippen LogP contribution in [0.25, 0.3) is 0 Å². The number of anilines is 1. The van der Waals surface area contributed by atoms with E-state index in [2.05, 4.69) is 36.1 Å². The number of benzene rings is 1. The van der Waals surface area contributed by atoms with Gasteiger partial charge in [0.1, 0.15) is 5.60 Å². The molecule has 1 N–H and O–H groups in total. The highest BCUT2D eigenvalue weighted by Gasteiger charge is 2.31. The van der Waals surface area contributed by atoms with Crippen molar-refractivity contribution in [3.05, 3.63) is 29.8 Å². The van der Waals surface area contributed by atoms with E-state index >= 15 is 0 Å². The minimum atomic E-state index is -1.27. The quantitative estimate of drug-likeness (QED) is 0.876. The summed E-state index contributed by atoms with van der Waals surface area (Å²) < 4.78 is 0. The fourth-order valence-corrected chi connectivity index (χ4v) is 2.31. The molecule has 0 spiro atoms. The first-order valence-corrected chi connectivity index (χ1v) is 6.71. The molecular formula is C15H22N2O2. The number of carbonyl (C=O) groups is 1. The minimum Gasteiger partial charge on any atom is -0.381 e. The fraction of sp³-hybridized carbons (Fsp3) is 0.533. The third-order valence-electron chi connectivity index (χ3n) is 3.49. The first-order chi connectivity index (χ1) is 8.88. The summed E-state index contributed by atoms with van der Waals surface area (Å²) in [5, 5.41) is 9.75. The molecule has 0 saturated carbocycles. The van der Waals surface area contributed by atoms with E-state index in [9.17, 15) is 9.90 Å². The predicted molar refractivity (Wildman–Crippen MR) is 76.3 cm³/mol. The van der Waals surface area contributed by atoms with Crippen LogP contribution in [0.2, 0.25) is 0 Å². The number of aryl methyl sites for hydroxylation is 1. The van der Waals surface area contributed by atoms with Crippen molar-refractivity contribution in [1.82, 2.24) is 4.90 Å². The van der Waals surface area contributed by atoms with Crippen LogP contribution >= 0.6 is 0 Å². The number of hydrogen-bond acceptors (Lipinski definition) is 3. The molecule has 1 heterocycles. The number of aliphatic hydroxyl groups is 1. The lowest BCUT2D eigenvalue weighted by atomic mass is 10.1. The molecule has 4 heteroatoms. The molecule has 0 atom stereocenters. The molecule has 1 aromatic carbocycles. The van der Waals surface area contributed by atoms with Gasteiger partial charge in [-0.15, -0.1) is 0 Å². The van der Waals surface area contributed by atoms with E-state index in [4.69, 9.17) is 0 Å². The van der Waals surface area contributed by atoms with E-state index in [1.165, 1.54) is 11.3 Å². The molecule has 1 aromatic rings. The molecule has 4 nitrogen and oxygen atoms in total. The van der Waals surface area contributed by atoms with Crippen LogP contribution in [0.15, 0.2) is 24.3 Å². The molecule has 1 saturated heterocycles. The fourth-order valence-electron chi connectivity index (χ4n) is 2.31. The molecular weight excluding hydrogens is 240 g/mol. The average Bonchev–Trinajstić information content (AvgIpc) is 2.38. The van der Waals surface area contributed by atoms with Gasteiger partial charge in [-0.1, -0.05) is 17.7 Å². The number of piperazine rings is 1. The minimum absolute atomic E-state index is 0.184. The maximum absolute atomic E-state index is 12.0. The summed E-state index contributed by atoms with van der Waals surface area (Å²) in [6.07, 6.45) is 0. The number of amides is 1. The lowest BCUT2D eigenvalue weighted by Crippen LogP contribution is -2.54. The molecule has 1 amide bonds. The van der Waals surface area contributed by atoms with Crippen LogP contribution in [-0.4, -0.2) is 47.7 Å². The predicted octanol–water partition coefficient (Wildman–Crippen LogP) is 1.41. The Balaban J connectivity index is 1.96. The molecule has 0 bridgehead atoms. The molecule has 0 radical (unpaired) electrons. The van der Waals surface area contributed by atoms with Crippen LogP contribution in [0.3, 0.4) is 0 Å². The Hall–Kier alpha value is -1.55. The summed E-state index contributed by atoms with van der Waals surface area (Å²) in [4.78, 5) is 16.0.